The number of carbonyl (C=O) groups excluding carboxylic acids is 2. The number of carbonyl (C=O) groups is 3. The fraction of sp³-hybridized carbons (Fsp3) is 0.829. The van der Waals surface area contributed by atoms with Crippen molar-refractivity contribution in [2.24, 2.45) is 0 Å². The first-order valence-electron chi connectivity index (χ1n) is 19.9. The summed E-state index contributed by atoms with van der Waals surface area (Å²) in [4.78, 5) is 36.7. The molecule has 286 valence electrons. The van der Waals surface area contributed by atoms with Gasteiger partial charge in [0.15, 0.2) is 12.1 Å². The van der Waals surface area contributed by atoms with E-state index in [0.717, 1.165) is 44.9 Å². The van der Waals surface area contributed by atoms with Crippen LogP contribution >= 0.6 is 0 Å². The summed E-state index contributed by atoms with van der Waals surface area (Å²) in [7, 11) is 5.51. The number of unbranched alkanes of at least 4 members (excludes halogenated alkanes) is 17. The van der Waals surface area contributed by atoms with Crippen molar-refractivity contribution in [1.82, 2.24) is 0 Å². The van der Waals surface area contributed by atoms with Crippen LogP contribution in [-0.2, 0) is 28.6 Å². The van der Waals surface area contributed by atoms with E-state index >= 15 is 0 Å². The Kier molecular flexibility index (Phi) is 31.5. The molecule has 0 amide bonds. The van der Waals surface area contributed by atoms with Crippen molar-refractivity contribution in [3.63, 3.8) is 0 Å². The lowest BCUT2D eigenvalue weighted by Gasteiger charge is -2.31. The molecule has 2 unspecified atom stereocenters. The van der Waals surface area contributed by atoms with Crippen molar-refractivity contribution in [3.05, 3.63) is 24.3 Å². The number of carboxylic acids is 1. The van der Waals surface area contributed by atoms with E-state index < -0.39 is 18.1 Å². The molecule has 0 aromatic rings. The van der Waals surface area contributed by atoms with Crippen molar-refractivity contribution in [1.29, 1.82) is 0 Å². The normalized spacial score (nSPS) is 13.2. The minimum atomic E-state index is -0.880. The standard InChI is InChI=1S/C41H75NO7/c1-6-8-10-12-14-16-17-18-19-20-21-22-24-26-28-30-32-40(44)49-37(35-47-34-33-38(41(45)46)42(3,4)5)36-48-39(43)31-29-27-25-23-15-13-11-9-7-2/h19-20,23,25,37-38H,6-18,21-22,24,26-36H2,1-5H3/p+1/b20-19+,25-23+. The summed E-state index contributed by atoms with van der Waals surface area (Å²) in [6.07, 6.45) is 33.7. The number of likely N-dealkylation sites (N-methyl/N-ethyl adjacent to an activating group) is 1. The fourth-order valence-electron chi connectivity index (χ4n) is 5.68. The van der Waals surface area contributed by atoms with E-state index in [0.29, 0.717) is 25.7 Å². The lowest BCUT2D eigenvalue weighted by atomic mass is 10.1. The Morgan fingerprint density at radius 1 is 0.592 bits per heavy atom. The summed E-state index contributed by atoms with van der Waals surface area (Å²) >= 11 is 0. The second kappa shape index (κ2) is 33.0. The molecule has 49 heavy (non-hydrogen) atoms. The molecule has 0 aliphatic carbocycles. The van der Waals surface area contributed by atoms with Gasteiger partial charge in [-0.15, -0.1) is 0 Å². The van der Waals surface area contributed by atoms with Gasteiger partial charge in [0, 0.05) is 19.3 Å². The fourth-order valence-corrected chi connectivity index (χ4v) is 5.68. The van der Waals surface area contributed by atoms with E-state index in [4.69, 9.17) is 14.2 Å². The van der Waals surface area contributed by atoms with E-state index in [9.17, 15) is 19.5 Å². The van der Waals surface area contributed by atoms with Crippen LogP contribution in [0.3, 0.4) is 0 Å². The Hall–Kier alpha value is -2.19. The number of esters is 2. The maximum absolute atomic E-state index is 12.6. The Balaban J connectivity index is 4.40. The van der Waals surface area contributed by atoms with Crippen LogP contribution in [0.4, 0.5) is 0 Å². The summed E-state index contributed by atoms with van der Waals surface area (Å²) in [5.74, 6) is -1.52. The van der Waals surface area contributed by atoms with Crippen molar-refractivity contribution >= 4 is 17.9 Å². The number of nitrogens with zero attached hydrogens (tertiary/aromatic N) is 1. The van der Waals surface area contributed by atoms with Gasteiger partial charge in [0.1, 0.15) is 6.61 Å². The molecule has 0 saturated carbocycles. The highest BCUT2D eigenvalue weighted by molar-refractivity contribution is 5.72. The number of carboxylic acid groups (broad SMARTS) is 1. The summed E-state index contributed by atoms with van der Waals surface area (Å²) < 4.78 is 17.1. The molecule has 0 spiro atoms. The lowest BCUT2D eigenvalue weighted by Crippen LogP contribution is -2.50. The van der Waals surface area contributed by atoms with Crippen LogP contribution in [-0.4, -0.2) is 80.6 Å². The average Bonchev–Trinajstić information content (AvgIpc) is 3.05. The highest BCUT2D eigenvalue weighted by Crippen LogP contribution is 2.13. The van der Waals surface area contributed by atoms with Crippen LogP contribution in [0.2, 0.25) is 0 Å². The first kappa shape index (κ1) is 46.8. The molecule has 0 fully saturated rings. The van der Waals surface area contributed by atoms with Gasteiger partial charge >= 0.3 is 17.9 Å². The molecule has 2 atom stereocenters. The van der Waals surface area contributed by atoms with Crippen LogP contribution in [0.1, 0.15) is 168 Å². The molecule has 1 N–H and O–H groups in total. The van der Waals surface area contributed by atoms with E-state index in [1.165, 1.54) is 83.5 Å². The molecule has 0 aromatic heterocycles. The van der Waals surface area contributed by atoms with Crippen LogP contribution in [0.25, 0.3) is 0 Å². The van der Waals surface area contributed by atoms with E-state index in [-0.39, 0.29) is 36.2 Å². The number of aliphatic carboxylic acids is 1. The molecular formula is C41H76NO7+. The summed E-state index contributed by atoms with van der Waals surface area (Å²) in [5, 5.41) is 9.58. The zero-order valence-corrected chi connectivity index (χ0v) is 32.4. The second-order valence-corrected chi connectivity index (χ2v) is 14.5. The Labute approximate surface area is 301 Å². The molecule has 0 heterocycles. The smallest absolute Gasteiger partial charge is 0.362 e. The van der Waals surface area contributed by atoms with Crippen LogP contribution < -0.4 is 0 Å². The average molecular weight is 695 g/mol. The summed E-state index contributed by atoms with van der Waals surface area (Å²) in [5.41, 5.74) is 0. The van der Waals surface area contributed by atoms with Crippen LogP contribution in [0, 0.1) is 0 Å². The Morgan fingerprint density at radius 2 is 1.04 bits per heavy atom. The minimum Gasteiger partial charge on any atom is -0.477 e. The first-order valence-corrected chi connectivity index (χ1v) is 19.9. The third kappa shape index (κ3) is 31.5. The molecule has 0 radical (unpaired) electrons. The summed E-state index contributed by atoms with van der Waals surface area (Å²) in [6, 6.07) is -0.616. The van der Waals surface area contributed by atoms with Gasteiger partial charge in [-0.05, 0) is 57.8 Å². The van der Waals surface area contributed by atoms with Crippen LogP contribution in [0.15, 0.2) is 24.3 Å². The Morgan fingerprint density at radius 3 is 1.55 bits per heavy atom. The third-order valence-electron chi connectivity index (χ3n) is 8.82. The zero-order valence-electron chi connectivity index (χ0n) is 32.4. The molecule has 0 aromatic carbocycles. The van der Waals surface area contributed by atoms with Crippen molar-refractivity contribution in [2.75, 3.05) is 41.0 Å². The topological polar surface area (TPSA) is 99.1 Å². The van der Waals surface area contributed by atoms with Gasteiger partial charge in [0.2, 0.25) is 0 Å². The molecule has 0 rings (SSSR count). The quantitative estimate of drug-likeness (QED) is 0.0305. The monoisotopic (exact) mass is 695 g/mol. The number of hydrogen-bond acceptors (Lipinski definition) is 6. The second-order valence-electron chi connectivity index (χ2n) is 14.5. The maximum Gasteiger partial charge on any atom is 0.362 e. The van der Waals surface area contributed by atoms with Gasteiger partial charge in [-0.2, -0.15) is 0 Å². The van der Waals surface area contributed by atoms with Crippen molar-refractivity contribution in [3.8, 4) is 0 Å². The van der Waals surface area contributed by atoms with Gasteiger partial charge < -0.3 is 23.8 Å². The SMILES string of the molecule is CCCCCC/C=C/CCCC(=O)OCC(COCCC(C(=O)O)[N+](C)(C)C)OC(=O)CCCCCCC/C=C/CCCCCCCCC. The van der Waals surface area contributed by atoms with Gasteiger partial charge in [0.25, 0.3) is 0 Å². The summed E-state index contributed by atoms with van der Waals surface area (Å²) in [6.45, 7) is 4.65. The van der Waals surface area contributed by atoms with Gasteiger partial charge in [-0.1, -0.05) is 115 Å². The number of quaternary nitrogens is 1. The van der Waals surface area contributed by atoms with E-state index in [1.807, 2.05) is 21.1 Å². The third-order valence-corrected chi connectivity index (χ3v) is 8.82. The molecule has 0 bridgehead atoms. The largest absolute Gasteiger partial charge is 0.477 e. The van der Waals surface area contributed by atoms with Gasteiger partial charge in [0.05, 0.1) is 34.4 Å². The first-order chi connectivity index (χ1) is 23.6. The molecule has 8 nitrogen and oxygen atoms in total. The van der Waals surface area contributed by atoms with Crippen molar-refractivity contribution in [2.45, 2.75) is 180 Å². The predicted octanol–water partition coefficient (Wildman–Crippen LogP) is 10.1. The number of ether oxygens (including phenoxy) is 3. The molecule has 0 aliphatic heterocycles. The molecule has 8 heteroatoms. The maximum atomic E-state index is 12.6. The van der Waals surface area contributed by atoms with Gasteiger partial charge in [-0.3, -0.25) is 9.59 Å². The number of hydrogen-bond donors (Lipinski definition) is 1. The highest BCUT2D eigenvalue weighted by atomic mass is 16.6. The lowest BCUT2D eigenvalue weighted by molar-refractivity contribution is -0.887. The number of allylic oxidation sites excluding steroid dienone is 4. The number of rotatable bonds is 35. The van der Waals surface area contributed by atoms with E-state index in [2.05, 4.69) is 38.2 Å². The Bertz CT molecular complexity index is 864. The van der Waals surface area contributed by atoms with Gasteiger partial charge in [-0.25, -0.2) is 4.79 Å². The molecule has 0 aliphatic rings. The van der Waals surface area contributed by atoms with E-state index in [1.54, 1.807) is 0 Å². The van der Waals surface area contributed by atoms with Crippen LogP contribution in [0.5, 0.6) is 0 Å². The zero-order chi connectivity index (χ0) is 36.4. The molecule has 0 saturated heterocycles. The predicted molar refractivity (Wildman–Crippen MR) is 202 cm³/mol. The minimum absolute atomic E-state index is 0.0513. The molecular weight excluding hydrogens is 618 g/mol. The highest BCUT2D eigenvalue weighted by Gasteiger charge is 2.31. The van der Waals surface area contributed by atoms with Crippen molar-refractivity contribution < 1.29 is 38.2 Å².